The Labute approximate surface area is 195 Å². The van der Waals surface area contributed by atoms with Crippen molar-refractivity contribution in [3.8, 4) is 5.75 Å². The van der Waals surface area contributed by atoms with E-state index in [-0.39, 0.29) is 15.5 Å². The van der Waals surface area contributed by atoms with Gasteiger partial charge in [0.25, 0.3) is 15.9 Å². The van der Waals surface area contributed by atoms with Crippen molar-refractivity contribution in [1.29, 1.82) is 0 Å². The molecular weight excluding hydrogens is 474 g/mol. The number of hydrogen-bond acceptors (Lipinski definition) is 4. The second-order valence-corrected chi connectivity index (χ2v) is 9.16. The number of halogens is 3. The number of anilines is 1. The van der Waals surface area contributed by atoms with Gasteiger partial charge in [0.1, 0.15) is 5.75 Å². The minimum atomic E-state index is -4.02. The molecule has 3 rings (SSSR count). The van der Waals surface area contributed by atoms with Crippen molar-refractivity contribution in [3.63, 3.8) is 0 Å². The topological polar surface area (TPSA) is 84.5 Å². The average molecular weight is 495 g/mol. The Hall–Kier alpha value is -3.17. The van der Waals surface area contributed by atoms with E-state index >= 15 is 0 Å². The molecule has 0 heterocycles. The molecule has 3 aromatic carbocycles. The second-order valence-electron chi connectivity index (χ2n) is 7.07. The monoisotopic (exact) mass is 494 g/mol. The van der Waals surface area contributed by atoms with Gasteiger partial charge in [-0.25, -0.2) is 17.2 Å². The Bertz CT molecular complexity index is 1270. The highest BCUT2D eigenvalue weighted by Crippen LogP contribution is 2.25. The molecule has 2 N–H and O–H groups in total. The van der Waals surface area contributed by atoms with Gasteiger partial charge in [-0.2, -0.15) is 0 Å². The van der Waals surface area contributed by atoms with Crippen LogP contribution in [-0.2, 0) is 10.0 Å². The van der Waals surface area contributed by atoms with Crippen molar-refractivity contribution in [3.05, 3.63) is 88.4 Å². The molecule has 0 spiro atoms. The van der Waals surface area contributed by atoms with Gasteiger partial charge in [0.2, 0.25) is 0 Å². The third kappa shape index (κ3) is 6.00. The van der Waals surface area contributed by atoms with E-state index in [0.29, 0.717) is 23.6 Å². The summed E-state index contributed by atoms with van der Waals surface area (Å²) in [6.07, 6.45) is 0. The molecule has 33 heavy (non-hydrogen) atoms. The van der Waals surface area contributed by atoms with Crippen LogP contribution in [0.5, 0.6) is 5.75 Å². The summed E-state index contributed by atoms with van der Waals surface area (Å²) in [5.74, 6) is -2.12. The quantitative estimate of drug-likeness (QED) is 0.444. The fourth-order valence-corrected chi connectivity index (χ4v) is 4.27. The highest BCUT2D eigenvalue weighted by molar-refractivity contribution is 7.92. The minimum Gasteiger partial charge on any atom is -0.494 e. The van der Waals surface area contributed by atoms with Crippen LogP contribution in [0.15, 0.2) is 65.6 Å². The smallest absolute Gasteiger partial charge is 0.261 e. The molecule has 1 amide bonds. The van der Waals surface area contributed by atoms with Crippen molar-refractivity contribution in [2.45, 2.75) is 24.8 Å². The lowest BCUT2D eigenvalue weighted by Crippen LogP contribution is -2.27. The number of benzene rings is 3. The number of amides is 1. The number of ether oxygens (including phenoxy) is 1. The summed E-state index contributed by atoms with van der Waals surface area (Å²) in [7, 11) is -4.02. The van der Waals surface area contributed by atoms with Crippen molar-refractivity contribution in [2.24, 2.45) is 0 Å². The number of rotatable bonds is 8. The van der Waals surface area contributed by atoms with E-state index in [0.717, 1.165) is 18.2 Å². The van der Waals surface area contributed by atoms with E-state index in [1.54, 1.807) is 31.2 Å². The predicted molar refractivity (Wildman–Crippen MR) is 122 cm³/mol. The third-order valence-corrected chi connectivity index (χ3v) is 6.41. The SMILES string of the molecule is CCOc1ccc(NS(=O)(=O)c2ccc(Cl)c(C(=O)NC(C)c3ccc(F)c(F)c3)c2)cc1. The zero-order chi connectivity index (χ0) is 24.2. The van der Waals surface area contributed by atoms with Crippen molar-refractivity contribution in [2.75, 3.05) is 11.3 Å². The van der Waals surface area contributed by atoms with Gasteiger partial charge >= 0.3 is 0 Å². The largest absolute Gasteiger partial charge is 0.494 e. The molecule has 6 nitrogen and oxygen atoms in total. The van der Waals surface area contributed by atoms with E-state index < -0.39 is 33.6 Å². The zero-order valence-electron chi connectivity index (χ0n) is 17.7. The molecule has 0 aromatic heterocycles. The van der Waals surface area contributed by atoms with Gasteiger partial charge in [-0.1, -0.05) is 17.7 Å². The molecule has 0 aliphatic carbocycles. The summed E-state index contributed by atoms with van der Waals surface area (Å²) < 4.78 is 60.1. The number of hydrogen-bond donors (Lipinski definition) is 2. The van der Waals surface area contributed by atoms with Crippen LogP contribution in [0.1, 0.15) is 35.8 Å². The predicted octanol–water partition coefficient (Wildman–Crippen LogP) is 5.31. The first-order valence-electron chi connectivity index (χ1n) is 9.91. The highest BCUT2D eigenvalue weighted by Gasteiger charge is 2.21. The van der Waals surface area contributed by atoms with Crippen LogP contribution in [0.2, 0.25) is 5.02 Å². The molecule has 3 aromatic rings. The molecule has 10 heteroatoms. The van der Waals surface area contributed by atoms with Crippen LogP contribution in [-0.4, -0.2) is 20.9 Å². The van der Waals surface area contributed by atoms with Crippen molar-refractivity contribution < 1.29 is 26.7 Å². The summed E-state index contributed by atoms with van der Waals surface area (Å²) in [4.78, 5) is 12.6. The molecular formula is C23H21ClF2N2O4S. The highest BCUT2D eigenvalue weighted by atomic mass is 35.5. The number of carbonyl (C=O) groups is 1. The first-order chi connectivity index (χ1) is 15.6. The molecule has 174 valence electrons. The number of nitrogens with one attached hydrogen (secondary N) is 2. The van der Waals surface area contributed by atoms with E-state index in [2.05, 4.69) is 10.0 Å². The van der Waals surface area contributed by atoms with E-state index in [4.69, 9.17) is 16.3 Å². The molecule has 0 aliphatic heterocycles. The van der Waals surface area contributed by atoms with E-state index in [1.165, 1.54) is 18.2 Å². The lowest BCUT2D eigenvalue weighted by molar-refractivity contribution is 0.0939. The van der Waals surface area contributed by atoms with Crippen LogP contribution >= 0.6 is 11.6 Å². The molecule has 1 atom stereocenters. The summed E-state index contributed by atoms with van der Waals surface area (Å²) in [6, 6.07) is 12.7. The molecule has 0 saturated heterocycles. The fourth-order valence-electron chi connectivity index (χ4n) is 2.98. The lowest BCUT2D eigenvalue weighted by atomic mass is 10.1. The Morgan fingerprint density at radius 2 is 1.73 bits per heavy atom. The Kier molecular flexibility index (Phi) is 7.55. The van der Waals surface area contributed by atoms with Crippen LogP contribution in [0.3, 0.4) is 0 Å². The Morgan fingerprint density at radius 1 is 1.03 bits per heavy atom. The Morgan fingerprint density at radius 3 is 2.36 bits per heavy atom. The lowest BCUT2D eigenvalue weighted by Gasteiger charge is -2.16. The van der Waals surface area contributed by atoms with Crippen LogP contribution < -0.4 is 14.8 Å². The number of sulfonamides is 1. The third-order valence-electron chi connectivity index (χ3n) is 4.70. The summed E-state index contributed by atoms with van der Waals surface area (Å²) in [6.45, 7) is 3.89. The summed E-state index contributed by atoms with van der Waals surface area (Å²) in [5.41, 5.74) is 0.561. The molecule has 0 saturated carbocycles. The first kappa shape index (κ1) is 24.5. The second kappa shape index (κ2) is 10.2. The van der Waals surface area contributed by atoms with E-state index in [1.807, 2.05) is 6.92 Å². The van der Waals surface area contributed by atoms with Crippen LogP contribution in [0, 0.1) is 11.6 Å². The van der Waals surface area contributed by atoms with Gasteiger partial charge in [0.05, 0.1) is 28.1 Å². The van der Waals surface area contributed by atoms with Gasteiger partial charge in [-0.05, 0) is 74.0 Å². The minimum absolute atomic E-state index is 0.0324. The van der Waals surface area contributed by atoms with Crippen molar-refractivity contribution >= 4 is 33.2 Å². The molecule has 0 aliphatic rings. The zero-order valence-corrected chi connectivity index (χ0v) is 19.3. The molecule has 0 fully saturated rings. The maximum atomic E-state index is 13.5. The van der Waals surface area contributed by atoms with Crippen molar-refractivity contribution in [1.82, 2.24) is 5.32 Å². The molecule has 1 unspecified atom stereocenters. The normalized spacial score (nSPS) is 12.2. The first-order valence-corrected chi connectivity index (χ1v) is 11.8. The molecule has 0 bridgehead atoms. The average Bonchev–Trinajstić information content (AvgIpc) is 2.77. The van der Waals surface area contributed by atoms with Gasteiger partial charge in [-0.15, -0.1) is 0 Å². The van der Waals surface area contributed by atoms with Gasteiger partial charge in [-0.3, -0.25) is 9.52 Å². The van der Waals surface area contributed by atoms with Gasteiger partial charge < -0.3 is 10.1 Å². The van der Waals surface area contributed by atoms with Crippen LogP contribution in [0.4, 0.5) is 14.5 Å². The van der Waals surface area contributed by atoms with Gasteiger partial charge in [0, 0.05) is 5.69 Å². The van der Waals surface area contributed by atoms with Gasteiger partial charge in [0.15, 0.2) is 11.6 Å². The summed E-state index contributed by atoms with van der Waals surface area (Å²) >= 11 is 6.12. The van der Waals surface area contributed by atoms with E-state index in [9.17, 15) is 22.0 Å². The summed E-state index contributed by atoms with van der Waals surface area (Å²) in [5, 5.41) is 2.64. The van der Waals surface area contributed by atoms with Crippen LogP contribution in [0.25, 0.3) is 0 Å². The maximum absolute atomic E-state index is 13.5. The molecule has 0 radical (unpaired) electrons. The standard InChI is InChI=1S/C23H21ClF2N2O4S/c1-3-32-17-7-5-16(6-8-17)28-33(30,31)18-9-10-20(24)19(13-18)23(29)27-14(2)15-4-11-21(25)22(26)12-15/h4-14,28H,3H2,1-2H3,(H,27,29). The Balaban J connectivity index is 1.79. The fraction of sp³-hybridized carbons (Fsp3) is 0.174. The maximum Gasteiger partial charge on any atom is 0.261 e. The number of carbonyl (C=O) groups excluding carboxylic acids is 1.